The minimum absolute atomic E-state index is 0.586. The highest BCUT2D eigenvalue weighted by Crippen LogP contribution is 2.22. The average Bonchev–Trinajstić information content (AvgIpc) is 2.69. The molecule has 4 heteroatoms. The number of hydrogen-bond acceptors (Lipinski definition) is 3. The fraction of sp³-hybridized carbons (Fsp3) is 0.600. The number of hydrogen-bond donors (Lipinski definition) is 1. The molecule has 0 spiro atoms. The Kier molecular flexibility index (Phi) is 4.40. The molecule has 2 rings (SSSR count). The van der Waals surface area contributed by atoms with E-state index in [4.69, 9.17) is 5.73 Å². The SMILES string of the molecule is CCCCC(CC)Cn1c(N)nc2cc(C)cnc21. The second kappa shape index (κ2) is 6.04. The van der Waals surface area contributed by atoms with Crippen LogP contribution in [0.15, 0.2) is 12.3 Å². The van der Waals surface area contributed by atoms with E-state index in [1.807, 2.05) is 19.2 Å². The Labute approximate surface area is 115 Å². The zero-order chi connectivity index (χ0) is 13.8. The van der Waals surface area contributed by atoms with Gasteiger partial charge in [-0.1, -0.05) is 33.1 Å². The average molecular weight is 260 g/mol. The van der Waals surface area contributed by atoms with Gasteiger partial charge in [0.15, 0.2) is 5.65 Å². The van der Waals surface area contributed by atoms with Crippen molar-refractivity contribution in [3.8, 4) is 0 Å². The molecule has 2 aromatic rings. The molecule has 1 atom stereocenters. The first-order valence-electron chi connectivity index (χ1n) is 7.24. The van der Waals surface area contributed by atoms with Crippen LogP contribution in [0.1, 0.15) is 45.1 Å². The summed E-state index contributed by atoms with van der Waals surface area (Å²) in [5.74, 6) is 1.24. The van der Waals surface area contributed by atoms with Gasteiger partial charge in [-0.3, -0.25) is 4.57 Å². The lowest BCUT2D eigenvalue weighted by Gasteiger charge is -2.16. The van der Waals surface area contributed by atoms with E-state index in [2.05, 4.69) is 28.4 Å². The van der Waals surface area contributed by atoms with Crippen LogP contribution < -0.4 is 5.73 Å². The summed E-state index contributed by atoms with van der Waals surface area (Å²) >= 11 is 0. The lowest BCUT2D eigenvalue weighted by atomic mass is 9.99. The molecule has 0 amide bonds. The number of aryl methyl sites for hydroxylation is 1. The van der Waals surface area contributed by atoms with Gasteiger partial charge in [-0.15, -0.1) is 0 Å². The molecule has 104 valence electrons. The summed E-state index contributed by atoms with van der Waals surface area (Å²) in [4.78, 5) is 8.91. The normalized spacial score (nSPS) is 13.0. The first-order valence-corrected chi connectivity index (χ1v) is 7.24. The van der Waals surface area contributed by atoms with Gasteiger partial charge >= 0.3 is 0 Å². The Hall–Kier alpha value is -1.58. The number of nitrogens with zero attached hydrogens (tertiary/aromatic N) is 3. The van der Waals surface area contributed by atoms with E-state index in [0.29, 0.717) is 11.9 Å². The van der Waals surface area contributed by atoms with Gasteiger partial charge in [0.2, 0.25) is 5.95 Å². The van der Waals surface area contributed by atoms with Crippen molar-refractivity contribution in [2.75, 3.05) is 5.73 Å². The van der Waals surface area contributed by atoms with Gasteiger partial charge in [0, 0.05) is 12.7 Å². The molecule has 0 bridgehead atoms. The summed E-state index contributed by atoms with van der Waals surface area (Å²) in [5, 5.41) is 0. The second-order valence-corrected chi connectivity index (χ2v) is 5.35. The van der Waals surface area contributed by atoms with Gasteiger partial charge in [0.25, 0.3) is 0 Å². The van der Waals surface area contributed by atoms with Crippen molar-refractivity contribution in [2.24, 2.45) is 5.92 Å². The van der Waals surface area contributed by atoms with E-state index >= 15 is 0 Å². The fourth-order valence-electron chi connectivity index (χ4n) is 2.48. The molecule has 0 saturated carbocycles. The predicted molar refractivity (Wildman–Crippen MR) is 80.0 cm³/mol. The predicted octanol–water partition coefficient (Wildman–Crippen LogP) is 3.54. The summed E-state index contributed by atoms with van der Waals surface area (Å²) in [6.45, 7) is 7.43. The summed E-state index contributed by atoms with van der Waals surface area (Å²) in [7, 11) is 0. The van der Waals surface area contributed by atoms with Crippen molar-refractivity contribution in [1.29, 1.82) is 0 Å². The summed E-state index contributed by atoms with van der Waals surface area (Å²) in [5.41, 5.74) is 8.99. The van der Waals surface area contributed by atoms with Gasteiger partial charge in [0.1, 0.15) is 5.52 Å². The molecule has 0 aromatic carbocycles. The number of anilines is 1. The van der Waals surface area contributed by atoms with Crippen LogP contribution in [-0.2, 0) is 6.54 Å². The maximum Gasteiger partial charge on any atom is 0.202 e. The van der Waals surface area contributed by atoms with E-state index < -0.39 is 0 Å². The zero-order valence-electron chi connectivity index (χ0n) is 12.2. The third-order valence-corrected chi connectivity index (χ3v) is 3.74. The molecule has 0 saturated heterocycles. The number of aromatic nitrogens is 3. The lowest BCUT2D eigenvalue weighted by molar-refractivity contribution is 0.397. The van der Waals surface area contributed by atoms with Gasteiger partial charge < -0.3 is 5.73 Å². The summed E-state index contributed by atoms with van der Waals surface area (Å²) in [6, 6.07) is 2.04. The number of pyridine rings is 1. The van der Waals surface area contributed by atoms with Gasteiger partial charge in [-0.25, -0.2) is 9.97 Å². The maximum atomic E-state index is 6.05. The van der Waals surface area contributed by atoms with Crippen molar-refractivity contribution in [1.82, 2.24) is 14.5 Å². The van der Waals surface area contributed by atoms with E-state index in [-0.39, 0.29) is 0 Å². The van der Waals surface area contributed by atoms with Crippen molar-refractivity contribution in [3.63, 3.8) is 0 Å². The number of nitrogen functional groups attached to an aromatic ring is 1. The third-order valence-electron chi connectivity index (χ3n) is 3.74. The van der Waals surface area contributed by atoms with Crippen molar-refractivity contribution < 1.29 is 0 Å². The smallest absolute Gasteiger partial charge is 0.202 e. The standard InChI is InChI=1S/C15H24N4/c1-4-6-7-12(5-2)10-19-14-13(18-15(19)16)8-11(3)9-17-14/h8-9,12H,4-7,10H2,1-3H3,(H2,16,18). The molecule has 19 heavy (non-hydrogen) atoms. The molecular weight excluding hydrogens is 236 g/mol. The number of imidazole rings is 1. The summed E-state index contributed by atoms with van der Waals surface area (Å²) < 4.78 is 2.07. The van der Waals surface area contributed by atoms with Crippen LogP contribution in [0.4, 0.5) is 5.95 Å². The largest absolute Gasteiger partial charge is 0.369 e. The molecule has 0 aliphatic carbocycles. The molecular formula is C15H24N4. The van der Waals surface area contributed by atoms with E-state index in [9.17, 15) is 0 Å². The maximum absolute atomic E-state index is 6.05. The Morgan fingerprint density at radius 1 is 1.37 bits per heavy atom. The Balaban J connectivity index is 2.26. The summed E-state index contributed by atoms with van der Waals surface area (Å²) in [6.07, 6.45) is 6.82. The van der Waals surface area contributed by atoms with Gasteiger partial charge in [0.05, 0.1) is 0 Å². The molecule has 2 heterocycles. The van der Waals surface area contributed by atoms with E-state index in [0.717, 1.165) is 23.3 Å². The minimum Gasteiger partial charge on any atom is -0.369 e. The number of unbranched alkanes of at least 4 members (excludes halogenated alkanes) is 1. The first-order chi connectivity index (χ1) is 9.15. The molecule has 0 aliphatic rings. The van der Waals surface area contributed by atoms with Crippen LogP contribution in [-0.4, -0.2) is 14.5 Å². The Bertz CT molecular complexity index is 544. The van der Waals surface area contributed by atoms with E-state index in [1.54, 1.807) is 0 Å². The number of rotatable bonds is 6. The third kappa shape index (κ3) is 3.06. The molecule has 2 aromatic heterocycles. The molecule has 2 N–H and O–H groups in total. The zero-order valence-corrected chi connectivity index (χ0v) is 12.2. The minimum atomic E-state index is 0.586. The molecule has 0 radical (unpaired) electrons. The molecule has 0 aliphatic heterocycles. The fourth-order valence-corrected chi connectivity index (χ4v) is 2.48. The Morgan fingerprint density at radius 2 is 2.16 bits per heavy atom. The van der Waals surface area contributed by atoms with Crippen LogP contribution in [0.2, 0.25) is 0 Å². The van der Waals surface area contributed by atoms with Gasteiger partial charge in [-0.05, 0) is 30.9 Å². The highest BCUT2D eigenvalue weighted by molar-refractivity contribution is 5.74. The quantitative estimate of drug-likeness (QED) is 0.864. The monoisotopic (exact) mass is 260 g/mol. The van der Waals surface area contributed by atoms with Crippen molar-refractivity contribution >= 4 is 17.1 Å². The highest BCUT2D eigenvalue weighted by Gasteiger charge is 2.14. The second-order valence-electron chi connectivity index (χ2n) is 5.35. The number of nitrogens with two attached hydrogens (primary N) is 1. The van der Waals surface area contributed by atoms with Crippen LogP contribution >= 0.6 is 0 Å². The number of fused-ring (bicyclic) bond motifs is 1. The lowest BCUT2D eigenvalue weighted by Crippen LogP contribution is -2.13. The van der Waals surface area contributed by atoms with Crippen LogP contribution in [0, 0.1) is 12.8 Å². The van der Waals surface area contributed by atoms with Crippen LogP contribution in [0.25, 0.3) is 11.2 Å². The van der Waals surface area contributed by atoms with Crippen LogP contribution in [0.5, 0.6) is 0 Å². The molecule has 4 nitrogen and oxygen atoms in total. The topological polar surface area (TPSA) is 56.7 Å². The Morgan fingerprint density at radius 3 is 2.84 bits per heavy atom. The van der Waals surface area contributed by atoms with E-state index in [1.165, 1.54) is 25.7 Å². The first kappa shape index (κ1) is 13.8. The van der Waals surface area contributed by atoms with Crippen molar-refractivity contribution in [2.45, 2.75) is 53.0 Å². The molecule has 0 fully saturated rings. The van der Waals surface area contributed by atoms with Crippen molar-refractivity contribution in [3.05, 3.63) is 17.8 Å². The van der Waals surface area contributed by atoms with Crippen LogP contribution in [0.3, 0.4) is 0 Å². The highest BCUT2D eigenvalue weighted by atomic mass is 15.2. The van der Waals surface area contributed by atoms with Gasteiger partial charge in [-0.2, -0.15) is 0 Å². The molecule has 1 unspecified atom stereocenters.